The van der Waals surface area contributed by atoms with Crippen LogP contribution in [0.1, 0.15) is 53.9 Å². The second kappa shape index (κ2) is 6.39. The number of rotatable bonds is 6. The highest BCUT2D eigenvalue weighted by Gasteiger charge is 2.35. The van der Waals surface area contributed by atoms with Crippen molar-refractivity contribution in [2.45, 2.75) is 66.0 Å². The third-order valence-electron chi connectivity index (χ3n) is 4.02. The first-order valence-corrected chi connectivity index (χ1v) is 7.05. The van der Waals surface area contributed by atoms with Crippen LogP contribution in [0.15, 0.2) is 0 Å². The van der Waals surface area contributed by atoms with Crippen LogP contribution in [0.3, 0.4) is 0 Å². The summed E-state index contributed by atoms with van der Waals surface area (Å²) >= 11 is 0. The van der Waals surface area contributed by atoms with E-state index in [9.17, 15) is 4.79 Å². The lowest BCUT2D eigenvalue weighted by atomic mass is 9.94. The maximum atomic E-state index is 12.3. The van der Waals surface area contributed by atoms with Crippen LogP contribution in [0.4, 0.5) is 0 Å². The minimum absolute atomic E-state index is 0.0480. The van der Waals surface area contributed by atoms with Gasteiger partial charge in [0.05, 0.1) is 12.7 Å². The molecule has 1 amide bonds. The van der Waals surface area contributed by atoms with Gasteiger partial charge in [0.25, 0.3) is 0 Å². The highest BCUT2D eigenvalue weighted by molar-refractivity contribution is 5.84. The lowest BCUT2D eigenvalue weighted by Crippen LogP contribution is -2.41. The van der Waals surface area contributed by atoms with Gasteiger partial charge >= 0.3 is 0 Å². The molecule has 0 aliphatic carbocycles. The summed E-state index contributed by atoms with van der Waals surface area (Å²) in [6.45, 7) is 11.7. The standard InChI is InChI=1S/C14H28N2O/c1-6-12(7-2)11(5)16-9-15-13(14(16)17)8-10(3)4/h10-13,15H,6-9H2,1-5H3. The van der Waals surface area contributed by atoms with Gasteiger partial charge in [-0.05, 0) is 25.2 Å². The summed E-state index contributed by atoms with van der Waals surface area (Å²) in [4.78, 5) is 14.3. The van der Waals surface area contributed by atoms with Gasteiger partial charge in [0.15, 0.2) is 0 Å². The summed E-state index contributed by atoms with van der Waals surface area (Å²) < 4.78 is 0. The van der Waals surface area contributed by atoms with Crippen molar-refractivity contribution >= 4 is 5.91 Å². The van der Waals surface area contributed by atoms with Crippen molar-refractivity contribution in [3.63, 3.8) is 0 Å². The van der Waals surface area contributed by atoms with E-state index in [-0.39, 0.29) is 6.04 Å². The summed E-state index contributed by atoms with van der Waals surface area (Å²) in [7, 11) is 0. The van der Waals surface area contributed by atoms with Crippen LogP contribution in [-0.4, -0.2) is 29.6 Å². The van der Waals surface area contributed by atoms with Crippen molar-refractivity contribution in [2.24, 2.45) is 11.8 Å². The van der Waals surface area contributed by atoms with Crippen LogP contribution in [0, 0.1) is 11.8 Å². The number of amides is 1. The molecule has 3 nitrogen and oxygen atoms in total. The average Bonchev–Trinajstić information content (AvgIpc) is 2.61. The molecule has 1 rings (SSSR count). The van der Waals surface area contributed by atoms with E-state index in [1.165, 1.54) is 0 Å². The van der Waals surface area contributed by atoms with Gasteiger partial charge in [0.2, 0.25) is 5.91 Å². The molecule has 0 aromatic heterocycles. The molecule has 0 spiro atoms. The predicted octanol–water partition coefficient (Wildman–Crippen LogP) is 2.62. The first kappa shape index (κ1) is 14.5. The summed E-state index contributed by atoms with van der Waals surface area (Å²) in [5.41, 5.74) is 0. The maximum Gasteiger partial charge on any atom is 0.241 e. The number of hydrogen-bond acceptors (Lipinski definition) is 2. The molecule has 2 atom stereocenters. The zero-order valence-electron chi connectivity index (χ0n) is 12.0. The molecule has 1 aliphatic rings. The molecule has 1 N–H and O–H groups in total. The molecule has 0 aromatic carbocycles. The van der Waals surface area contributed by atoms with E-state index in [0.717, 1.165) is 25.9 Å². The fourth-order valence-corrected chi connectivity index (χ4v) is 2.80. The van der Waals surface area contributed by atoms with Gasteiger partial charge in [-0.15, -0.1) is 0 Å². The molecule has 2 unspecified atom stereocenters. The SMILES string of the molecule is CCC(CC)C(C)N1CNC(CC(C)C)C1=O. The fraction of sp³-hybridized carbons (Fsp3) is 0.929. The van der Waals surface area contributed by atoms with Crippen molar-refractivity contribution in [1.82, 2.24) is 10.2 Å². The highest BCUT2D eigenvalue weighted by Crippen LogP contribution is 2.22. The zero-order chi connectivity index (χ0) is 13.0. The Morgan fingerprint density at radius 1 is 1.29 bits per heavy atom. The third kappa shape index (κ3) is 3.44. The molecule has 0 radical (unpaired) electrons. The highest BCUT2D eigenvalue weighted by atomic mass is 16.2. The van der Waals surface area contributed by atoms with Gasteiger partial charge in [0.1, 0.15) is 0 Å². The Hall–Kier alpha value is -0.570. The Kier molecular flexibility index (Phi) is 5.44. The normalized spacial score (nSPS) is 22.9. The molecular formula is C14H28N2O. The van der Waals surface area contributed by atoms with Crippen molar-refractivity contribution in [3.8, 4) is 0 Å². The van der Waals surface area contributed by atoms with E-state index >= 15 is 0 Å². The molecule has 1 heterocycles. The van der Waals surface area contributed by atoms with Crippen LogP contribution in [0.5, 0.6) is 0 Å². The van der Waals surface area contributed by atoms with Crippen molar-refractivity contribution < 1.29 is 4.79 Å². The Balaban J connectivity index is 2.59. The molecule has 1 aliphatic heterocycles. The van der Waals surface area contributed by atoms with E-state index in [1.54, 1.807) is 0 Å². The van der Waals surface area contributed by atoms with Crippen molar-refractivity contribution in [1.29, 1.82) is 0 Å². The summed E-state index contributed by atoms with van der Waals surface area (Å²) in [5, 5.41) is 3.35. The summed E-state index contributed by atoms with van der Waals surface area (Å²) in [6, 6.07) is 0.411. The molecule has 0 aromatic rings. The molecule has 1 saturated heterocycles. The van der Waals surface area contributed by atoms with E-state index in [1.807, 2.05) is 4.90 Å². The Labute approximate surface area is 106 Å². The first-order chi connectivity index (χ1) is 8.01. The zero-order valence-corrected chi connectivity index (χ0v) is 12.0. The molecule has 0 saturated carbocycles. The van der Waals surface area contributed by atoms with E-state index < -0.39 is 0 Å². The lowest BCUT2D eigenvalue weighted by molar-refractivity contribution is -0.131. The minimum Gasteiger partial charge on any atom is -0.326 e. The second-order valence-electron chi connectivity index (χ2n) is 5.67. The molecule has 100 valence electrons. The van der Waals surface area contributed by atoms with Gasteiger partial charge < -0.3 is 4.90 Å². The lowest BCUT2D eigenvalue weighted by Gasteiger charge is -2.30. The molecular weight excluding hydrogens is 212 g/mol. The number of nitrogens with zero attached hydrogens (tertiary/aromatic N) is 1. The largest absolute Gasteiger partial charge is 0.326 e. The summed E-state index contributed by atoms with van der Waals surface area (Å²) in [5.74, 6) is 1.50. The van der Waals surface area contributed by atoms with Gasteiger partial charge in [-0.1, -0.05) is 40.5 Å². The van der Waals surface area contributed by atoms with E-state index in [2.05, 4.69) is 39.9 Å². The van der Waals surface area contributed by atoms with E-state index in [0.29, 0.717) is 23.8 Å². The quantitative estimate of drug-likeness (QED) is 0.774. The number of carbonyl (C=O) groups excluding carboxylic acids is 1. The Morgan fingerprint density at radius 3 is 2.35 bits per heavy atom. The smallest absolute Gasteiger partial charge is 0.241 e. The van der Waals surface area contributed by atoms with Crippen LogP contribution >= 0.6 is 0 Å². The van der Waals surface area contributed by atoms with E-state index in [4.69, 9.17) is 0 Å². The molecule has 17 heavy (non-hydrogen) atoms. The van der Waals surface area contributed by atoms with Gasteiger partial charge in [-0.25, -0.2) is 0 Å². The van der Waals surface area contributed by atoms with Crippen LogP contribution in [0.25, 0.3) is 0 Å². The average molecular weight is 240 g/mol. The van der Waals surface area contributed by atoms with Gasteiger partial charge in [-0.3, -0.25) is 10.1 Å². The number of carbonyl (C=O) groups is 1. The Morgan fingerprint density at radius 2 is 1.88 bits per heavy atom. The van der Waals surface area contributed by atoms with Gasteiger partial charge in [0, 0.05) is 6.04 Å². The Bertz CT molecular complexity index is 249. The van der Waals surface area contributed by atoms with Crippen LogP contribution < -0.4 is 5.32 Å². The predicted molar refractivity (Wildman–Crippen MR) is 71.6 cm³/mol. The topological polar surface area (TPSA) is 32.3 Å². The first-order valence-electron chi connectivity index (χ1n) is 7.05. The number of hydrogen-bond donors (Lipinski definition) is 1. The van der Waals surface area contributed by atoms with Crippen LogP contribution in [0.2, 0.25) is 0 Å². The van der Waals surface area contributed by atoms with Crippen molar-refractivity contribution in [3.05, 3.63) is 0 Å². The van der Waals surface area contributed by atoms with Crippen LogP contribution in [-0.2, 0) is 4.79 Å². The molecule has 1 fully saturated rings. The molecule has 0 bridgehead atoms. The monoisotopic (exact) mass is 240 g/mol. The summed E-state index contributed by atoms with van der Waals surface area (Å²) in [6.07, 6.45) is 3.25. The maximum absolute atomic E-state index is 12.3. The molecule has 3 heteroatoms. The number of nitrogens with one attached hydrogen (secondary N) is 1. The van der Waals surface area contributed by atoms with Gasteiger partial charge in [-0.2, -0.15) is 0 Å². The fourth-order valence-electron chi connectivity index (χ4n) is 2.80. The second-order valence-corrected chi connectivity index (χ2v) is 5.67. The minimum atomic E-state index is 0.0480. The van der Waals surface area contributed by atoms with Crippen molar-refractivity contribution in [2.75, 3.05) is 6.67 Å². The third-order valence-corrected chi connectivity index (χ3v) is 4.02.